The van der Waals surface area contributed by atoms with Gasteiger partial charge < -0.3 is 4.98 Å². The predicted octanol–water partition coefficient (Wildman–Crippen LogP) is 2.48. The lowest BCUT2D eigenvalue weighted by Crippen LogP contribution is -2.15. The summed E-state index contributed by atoms with van der Waals surface area (Å²) >= 11 is 0. The van der Waals surface area contributed by atoms with Crippen molar-refractivity contribution in [2.75, 3.05) is 0 Å². The van der Waals surface area contributed by atoms with Crippen molar-refractivity contribution in [3.63, 3.8) is 0 Å². The van der Waals surface area contributed by atoms with Crippen LogP contribution in [0.5, 0.6) is 0 Å². The van der Waals surface area contributed by atoms with Crippen LogP contribution in [0.3, 0.4) is 0 Å². The molecule has 102 valence electrons. The van der Waals surface area contributed by atoms with Gasteiger partial charge in [0.2, 0.25) is 0 Å². The zero-order valence-electron chi connectivity index (χ0n) is 11.7. The molecule has 0 bridgehead atoms. The molecule has 4 heteroatoms. The van der Waals surface area contributed by atoms with Crippen molar-refractivity contribution in [1.82, 2.24) is 14.6 Å². The summed E-state index contributed by atoms with van der Waals surface area (Å²) in [5, 5.41) is 4.46. The van der Waals surface area contributed by atoms with Crippen LogP contribution in [0.4, 0.5) is 0 Å². The van der Waals surface area contributed by atoms with Gasteiger partial charge in [-0.05, 0) is 30.5 Å². The molecule has 0 aliphatic rings. The summed E-state index contributed by atoms with van der Waals surface area (Å²) in [7, 11) is 0. The minimum atomic E-state index is -0.0773. The summed E-state index contributed by atoms with van der Waals surface area (Å²) in [6.07, 6.45) is 1.68. The Labute approximate surface area is 117 Å². The van der Waals surface area contributed by atoms with E-state index in [0.29, 0.717) is 11.3 Å². The van der Waals surface area contributed by atoms with Crippen molar-refractivity contribution in [3.8, 4) is 0 Å². The SMILES string of the molecule is CCc1cc2c(=O)[nH]c(C)nn2c1Cc1ccccc1. The van der Waals surface area contributed by atoms with E-state index < -0.39 is 0 Å². The molecule has 0 amide bonds. The number of aromatic nitrogens is 3. The topological polar surface area (TPSA) is 50.2 Å². The number of benzene rings is 1. The molecule has 0 atom stereocenters. The number of aryl methyl sites for hydroxylation is 2. The Hall–Kier alpha value is -2.36. The van der Waals surface area contributed by atoms with Crippen LogP contribution in [0.1, 0.15) is 29.6 Å². The fourth-order valence-electron chi connectivity index (χ4n) is 2.55. The number of aromatic amines is 1. The number of hydrogen-bond donors (Lipinski definition) is 1. The standard InChI is InChI=1S/C16H17N3O/c1-3-13-10-15-16(20)17-11(2)18-19(15)14(13)9-12-7-5-4-6-8-12/h4-8,10H,3,9H2,1-2H3,(H,17,18,20). The third-order valence-corrected chi connectivity index (χ3v) is 3.54. The van der Waals surface area contributed by atoms with E-state index in [0.717, 1.165) is 18.5 Å². The van der Waals surface area contributed by atoms with Crippen LogP contribution in [0.15, 0.2) is 41.2 Å². The summed E-state index contributed by atoms with van der Waals surface area (Å²) < 4.78 is 1.79. The number of hydrogen-bond acceptors (Lipinski definition) is 2. The Kier molecular flexibility index (Phi) is 3.14. The zero-order valence-corrected chi connectivity index (χ0v) is 11.7. The van der Waals surface area contributed by atoms with E-state index in [-0.39, 0.29) is 5.56 Å². The van der Waals surface area contributed by atoms with Crippen LogP contribution in [-0.2, 0) is 12.8 Å². The average molecular weight is 267 g/mol. The minimum absolute atomic E-state index is 0.0773. The van der Waals surface area contributed by atoms with Crippen LogP contribution in [0, 0.1) is 6.92 Å². The van der Waals surface area contributed by atoms with Crippen molar-refractivity contribution in [1.29, 1.82) is 0 Å². The summed E-state index contributed by atoms with van der Waals surface area (Å²) in [5.74, 6) is 0.634. The molecule has 0 aliphatic heterocycles. The van der Waals surface area contributed by atoms with Gasteiger partial charge in [-0.1, -0.05) is 37.3 Å². The molecule has 2 aromatic heterocycles. The van der Waals surface area contributed by atoms with Gasteiger partial charge >= 0.3 is 0 Å². The van der Waals surface area contributed by atoms with Gasteiger partial charge in [0.25, 0.3) is 5.56 Å². The molecule has 0 saturated heterocycles. The molecule has 20 heavy (non-hydrogen) atoms. The fraction of sp³-hybridized carbons (Fsp3) is 0.250. The van der Waals surface area contributed by atoms with Crippen LogP contribution in [-0.4, -0.2) is 14.6 Å². The second kappa shape index (κ2) is 4.96. The van der Waals surface area contributed by atoms with Crippen LogP contribution in [0.2, 0.25) is 0 Å². The van der Waals surface area contributed by atoms with Crippen LogP contribution < -0.4 is 5.56 Å². The second-order valence-corrected chi connectivity index (χ2v) is 4.97. The van der Waals surface area contributed by atoms with E-state index in [4.69, 9.17) is 0 Å². The molecule has 0 aliphatic carbocycles. The molecule has 1 aromatic carbocycles. The van der Waals surface area contributed by atoms with Crippen molar-refractivity contribution in [2.45, 2.75) is 26.7 Å². The maximum Gasteiger partial charge on any atom is 0.275 e. The summed E-state index contributed by atoms with van der Waals surface area (Å²) in [4.78, 5) is 14.8. The molecule has 0 saturated carbocycles. The number of fused-ring (bicyclic) bond motifs is 1. The van der Waals surface area contributed by atoms with E-state index >= 15 is 0 Å². The van der Waals surface area contributed by atoms with Gasteiger partial charge in [-0.15, -0.1) is 0 Å². The van der Waals surface area contributed by atoms with Gasteiger partial charge in [-0.2, -0.15) is 5.10 Å². The molecule has 0 radical (unpaired) electrons. The highest BCUT2D eigenvalue weighted by Crippen LogP contribution is 2.18. The first-order valence-electron chi connectivity index (χ1n) is 6.83. The van der Waals surface area contributed by atoms with Gasteiger partial charge in [-0.3, -0.25) is 4.79 Å². The smallest absolute Gasteiger partial charge is 0.275 e. The lowest BCUT2D eigenvalue weighted by Gasteiger charge is -2.05. The van der Waals surface area contributed by atoms with E-state index in [9.17, 15) is 4.79 Å². The van der Waals surface area contributed by atoms with Crippen LogP contribution >= 0.6 is 0 Å². The highest BCUT2D eigenvalue weighted by molar-refractivity contribution is 5.51. The molecule has 0 fully saturated rings. The van der Waals surface area contributed by atoms with Crippen molar-refractivity contribution in [3.05, 3.63) is 69.4 Å². The third-order valence-electron chi connectivity index (χ3n) is 3.54. The summed E-state index contributed by atoms with van der Waals surface area (Å²) in [5.41, 5.74) is 4.05. The first-order valence-corrected chi connectivity index (χ1v) is 6.83. The van der Waals surface area contributed by atoms with Gasteiger partial charge in [-0.25, -0.2) is 4.52 Å². The number of nitrogens with one attached hydrogen (secondary N) is 1. The van der Waals surface area contributed by atoms with Gasteiger partial charge in [0.15, 0.2) is 0 Å². The number of H-pyrrole nitrogens is 1. The van der Waals surface area contributed by atoms with Crippen molar-refractivity contribution < 1.29 is 0 Å². The molecular weight excluding hydrogens is 250 g/mol. The molecule has 0 spiro atoms. The number of nitrogens with zero attached hydrogens (tertiary/aromatic N) is 2. The molecule has 2 heterocycles. The normalized spacial score (nSPS) is 11.1. The molecule has 4 nitrogen and oxygen atoms in total. The van der Waals surface area contributed by atoms with Crippen LogP contribution in [0.25, 0.3) is 5.52 Å². The lowest BCUT2D eigenvalue weighted by molar-refractivity contribution is 0.797. The Morgan fingerprint density at radius 3 is 2.70 bits per heavy atom. The van der Waals surface area contributed by atoms with Gasteiger partial charge in [0, 0.05) is 6.42 Å². The zero-order chi connectivity index (χ0) is 14.1. The Balaban J connectivity index is 2.20. The molecule has 3 aromatic rings. The molecule has 3 rings (SSSR count). The minimum Gasteiger partial charge on any atom is -0.307 e. The average Bonchev–Trinajstić information content (AvgIpc) is 2.78. The maximum absolute atomic E-state index is 12.0. The summed E-state index contributed by atoms with van der Waals surface area (Å²) in [6.45, 7) is 3.91. The highest BCUT2D eigenvalue weighted by atomic mass is 16.1. The quantitative estimate of drug-likeness (QED) is 0.792. The lowest BCUT2D eigenvalue weighted by atomic mass is 10.1. The third kappa shape index (κ3) is 2.13. The largest absolute Gasteiger partial charge is 0.307 e. The Morgan fingerprint density at radius 1 is 1.25 bits per heavy atom. The van der Waals surface area contributed by atoms with E-state index in [2.05, 4.69) is 29.1 Å². The van der Waals surface area contributed by atoms with E-state index in [1.165, 1.54) is 11.1 Å². The monoisotopic (exact) mass is 267 g/mol. The van der Waals surface area contributed by atoms with E-state index in [1.54, 1.807) is 11.4 Å². The first-order chi connectivity index (χ1) is 9.69. The van der Waals surface area contributed by atoms with Crippen molar-refractivity contribution >= 4 is 5.52 Å². The predicted molar refractivity (Wildman–Crippen MR) is 79.2 cm³/mol. The highest BCUT2D eigenvalue weighted by Gasteiger charge is 2.13. The van der Waals surface area contributed by atoms with E-state index in [1.807, 2.05) is 24.3 Å². The van der Waals surface area contributed by atoms with Crippen molar-refractivity contribution in [2.24, 2.45) is 0 Å². The van der Waals surface area contributed by atoms with Gasteiger partial charge in [0.05, 0.1) is 5.69 Å². The summed E-state index contributed by atoms with van der Waals surface area (Å²) in [6, 6.07) is 12.2. The molecule has 0 unspecified atom stereocenters. The Bertz CT molecular complexity index is 800. The fourth-order valence-corrected chi connectivity index (χ4v) is 2.55. The molecule has 1 N–H and O–H groups in total. The van der Waals surface area contributed by atoms with Gasteiger partial charge in [0.1, 0.15) is 11.3 Å². The Morgan fingerprint density at radius 2 is 2.00 bits per heavy atom. The second-order valence-electron chi connectivity index (χ2n) is 4.97. The first kappa shape index (κ1) is 12.7. The number of rotatable bonds is 3. The molecular formula is C16H17N3O. The maximum atomic E-state index is 12.0.